The summed E-state index contributed by atoms with van der Waals surface area (Å²) in [4.78, 5) is 12.9. The van der Waals surface area contributed by atoms with Crippen molar-refractivity contribution in [3.63, 3.8) is 0 Å². The normalized spacial score (nSPS) is 15.3. The van der Waals surface area contributed by atoms with Crippen molar-refractivity contribution < 1.29 is 21.6 Å². The summed E-state index contributed by atoms with van der Waals surface area (Å²) in [5.41, 5.74) is 2.53. The highest BCUT2D eigenvalue weighted by Gasteiger charge is 2.31. The molecule has 0 aromatic heterocycles. The molecule has 11 heteroatoms. The molecule has 0 saturated carbocycles. The molecular weight excluding hydrogens is 534 g/mol. The van der Waals surface area contributed by atoms with Crippen LogP contribution in [0.15, 0.2) is 77.7 Å². The van der Waals surface area contributed by atoms with Crippen LogP contribution >= 0.6 is 11.6 Å². The number of halogens is 1. The number of rotatable bonds is 8. The molecule has 0 unspecified atom stereocenters. The van der Waals surface area contributed by atoms with E-state index in [-0.39, 0.29) is 35.6 Å². The largest absolute Gasteiger partial charge is 0.326 e. The molecule has 3 aromatic carbocycles. The molecule has 1 saturated heterocycles. The summed E-state index contributed by atoms with van der Waals surface area (Å²) in [6.45, 7) is 2.39. The number of nitrogens with one attached hydrogen (secondary N) is 2. The highest BCUT2D eigenvalue weighted by atomic mass is 35.5. The minimum absolute atomic E-state index is 0.0752. The monoisotopic (exact) mass is 561 g/mol. The van der Waals surface area contributed by atoms with Gasteiger partial charge in [0.1, 0.15) is 0 Å². The fraction of sp³-hybridized carbons (Fsp3) is 0.269. The van der Waals surface area contributed by atoms with Crippen molar-refractivity contribution in [3.05, 3.63) is 88.9 Å². The van der Waals surface area contributed by atoms with Crippen molar-refractivity contribution in [1.82, 2.24) is 4.31 Å². The Morgan fingerprint density at radius 1 is 0.919 bits per heavy atom. The van der Waals surface area contributed by atoms with E-state index in [1.165, 1.54) is 28.6 Å². The lowest BCUT2D eigenvalue weighted by molar-refractivity contribution is -0.120. The van der Waals surface area contributed by atoms with Crippen molar-refractivity contribution >= 4 is 48.9 Å². The summed E-state index contributed by atoms with van der Waals surface area (Å²) in [5.74, 6) is -0.675. The van der Waals surface area contributed by atoms with Crippen LogP contribution in [0.2, 0.25) is 5.02 Å². The van der Waals surface area contributed by atoms with Crippen LogP contribution in [0.3, 0.4) is 0 Å². The Labute approximate surface area is 222 Å². The minimum atomic E-state index is -3.77. The molecule has 0 atom stereocenters. The predicted molar refractivity (Wildman–Crippen MR) is 145 cm³/mol. The SMILES string of the molecule is Cc1cccc(NS(=O)(=O)c2ccc(NC(=O)C3CCN(S(=O)(=O)Cc4ccc(Cl)cc4)CC3)cc2)c1. The van der Waals surface area contributed by atoms with E-state index in [1.807, 2.05) is 13.0 Å². The second-order valence-electron chi connectivity index (χ2n) is 9.04. The molecule has 1 aliphatic heterocycles. The van der Waals surface area contributed by atoms with Gasteiger partial charge >= 0.3 is 0 Å². The summed E-state index contributed by atoms with van der Waals surface area (Å²) >= 11 is 5.87. The topological polar surface area (TPSA) is 113 Å². The first-order valence-corrected chi connectivity index (χ1v) is 15.2. The molecule has 0 bridgehead atoms. The average molecular weight is 562 g/mol. The lowest BCUT2D eigenvalue weighted by atomic mass is 9.97. The van der Waals surface area contributed by atoms with E-state index >= 15 is 0 Å². The van der Waals surface area contributed by atoms with E-state index in [0.29, 0.717) is 34.8 Å². The second-order valence-corrected chi connectivity index (χ2v) is 13.1. The van der Waals surface area contributed by atoms with Gasteiger partial charge < -0.3 is 5.32 Å². The molecule has 1 heterocycles. The maximum Gasteiger partial charge on any atom is 0.261 e. The minimum Gasteiger partial charge on any atom is -0.326 e. The molecule has 37 heavy (non-hydrogen) atoms. The highest BCUT2D eigenvalue weighted by molar-refractivity contribution is 7.92. The second kappa shape index (κ2) is 11.2. The third-order valence-electron chi connectivity index (χ3n) is 6.18. The van der Waals surface area contributed by atoms with Gasteiger partial charge in [0.25, 0.3) is 10.0 Å². The molecule has 1 amide bonds. The highest BCUT2D eigenvalue weighted by Crippen LogP contribution is 2.24. The van der Waals surface area contributed by atoms with Gasteiger partial charge in [0, 0.05) is 35.4 Å². The van der Waals surface area contributed by atoms with Crippen molar-refractivity contribution in [3.8, 4) is 0 Å². The number of piperidine rings is 1. The zero-order valence-corrected chi connectivity index (χ0v) is 22.6. The Morgan fingerprint density at radius 3 is 2.19 bits per heavy atom. The number of carbonyl (C=O) groups excluding carboxylic acids is 1. The van der Waals surface area contributed by atoms with Crippen LogP contribution in [-0.4, -0.2) is 40.1 Å². The van der Waals surface area contributed by atoms with Gasteiger partial charge in [-0.25, -0.2) is 21.1 Å². The quantitative estimate of drug-likeness (QED) is 0.416. The smallest absolute Gasteiger partial charge is 0.261 e. The maximum atomic E-state index is 12.8. The Hall–Kier alpha value is -2.92. The lowest BCUT2D eigenvalue weighted by Crippen LogP contribution is -2.41. The summed E-state index contributed by atoms with van der Waals surface area (Å²) < 4.78 is 54.9. The molecule has 3 aromatic rings. The summed E-state index contributed by atoms with van der Waals surface area (Å²) in [5, 5.41) is 3.36. The molecule has 8 nitrogen and oxygen atoms in total. The number of nitrogens with zero attached hydrogens (tertiary/aromatic N) is 1. The Kier molecular flexibility index (Phi) is 8.23. The number of sulfonamides is 2. The van der Waals surface area contributed by atoms with Gasteiger partial charge in [-0.3, -0.25) is 9.52 Å². The van der Waals surface area contributed by atoms with Gasteiger partial charge in [0.15, 0.2) is 0 Å². The molecule has 1 aliphatic rings. The van der Waals surface area contributed by atoms with Gasteiger partial charge in [-0.15, -0.1) is 0 Å². The van der Waals surface area contributed by atoms with Crippen molar-refractivity contribution in [2.24, 2.45) is 5.92 Å². The fourth-order valence-corrected chi connectivity index (χ4v) is 6.90. The summed E-state index contributed by atoms with van der Waals surface area (Å²) in [6.07, 6.45) is 0.803. The third kappa shape index (κ3) is 7.10. The molecule has 0 aliphatic carbocycles. The molecule has 4 rings (SSSR count). The van der Waals surface area contributed by atoms with E-state index in [0.717, 1.165) is 5.56 Å². The van der Waals surface area contributed by atoms with Crippen LogP contribution in [0, 0.1) is 12.8 Å². The van der Waals surface area contributed by atoms with Crippen LogP contribution < -0.4 is 10.0 Å². The van der Waals surface area contributed by atoms with Gasteiger partial charge in [-0.05, 0) is 79.4 Å². The Morgan fingerprint density at radius 2 is 1.57 bits per heavy atom. The van der Waals surface area contributed by atoms with E-state index in [2.05, 4.69) is 10.0 Å². The third-order valence-corrected chi connectivity index (χ3v) is 9.68. The molecule has 0 spiro atoms. The zero-order valence-electron chi connectivity index (χ0n) is 20.2. The summed E-state index contributed by atoms with van der Waals surface area (Å²) in [7, 11) is -7.28. The van der Waals surface area contributed by atoms with E-state index in [9.17, 15) is 21.6 Å². The first kappa shape index (κ1) is 27.1. The number of carbonyl (C=O) groups is 1. The maximum absolute atomic E-state index is 12.8. The average Bonchev–Trinajstić information content (AvgIpc) is 2.85. The standard InChI is InChI=1S/C26H28ClN3O5S2/c1-19-3-2-4-24(17-19)29-37(34,35)25-11-9-23(10-12-25)28-26(31)21-13-15-30(16-14-21)36(32,33)18-20-5-7-22(27)8-6-20/h2-12,17,21,29H,13-16,18H2,1H3,(H,28,31). The molecule has 1 fully saturated rings. The van der Waals surface area contributed by atoms with Gasteiger partial charge in [-0.2, -0.15) is 0 Å². The number of anilines is 2. The number of benzene rings is 3. The van der Waals surface area contributed by atoms with E-state index < -0.39 is 20.0 Å². The number of hydrogen-bond acceptors (Lipinski definition) is 5. The Bertz CT molecular complexity index is 1470. The van der Waals surface area contributed by atoms with Crippen LogP contribution in [0.5, 0.6) is 0 Å². The number of aryl methyl sites for hydroxylation is 1. The van der Waals surface area contributed by atoms with Gasteiger partial charge in [0.2, 0.25) is 15.9 Å². The van der Waals surface area contributed by atoms with Gasteiger partial charge in [-0.1, -0.05) is 35.9 Å². The van der Waals surface area contributed by atoms with Crippen LogP contribution in [0.25, 0.3) is 0 Å². The molecule has 2 N–H and O–H groups in total. The van der Waals surface area contributed by atoms with E-state index in [1.54, 1.807) is 42.5 Å². The van der Waals surface area contributed by atoms with Gasteiger partial charge in [0.05, 0.1) is 10.6 Å². The van der Waals surface area contributed by atoms with Crippen LogP contribution in [-0.2, 0) is 30.6 Å². The van der Waals surface area contributed by atoms with Crippen molar-refractivity contribution in [2.45, 2.75) is 30.4 Å². The lowest BCUT2D eigenvalue weighted by Gasteiger charge is -2.30. The molecule has 0 radical (unpaired) electrons. The Balaban J connectivity index is 1.31. The number of hydrogen-bond donors (Lipinski definition) is 2. The molecule has 196 valence electrons. The van der Waals surface area contributed by atoms with Crippen LogP contribution in [0.4, 0.5) is 11.4 Å². The first-order chi connectivity index (χ1) is 17.5. The summed E-state index contributed by atoms with van der Waals surface area (Å²) in [6, 6.07) is 19.7. The van der Waals surface area contributed by atoms with Crippen molar-refractivity contribution in [1.29, 1.82) is 0 Å². The van der Waals surface area contributed by atoms with Crippen molar-refractivity contribution in [2.75, 3.05) is 23.1 Å². The first-order valence-electron chi connectivity index (χ1n) is 11.7. The zero-order chi connectivity index (χ0) is 26.6. The number of amides is 1. The predicted octanol–water partition coefficient (Wildman–Crippen LogP) is 4.63. The molecular formula is C26H28ClN3O5S2. The van der Waals surface area contributed by atoms with E-state index in [4.69, 9.17) is 11.6 Å². The fourth-order valence-electron chi connectivity index (χ4n) is 4.16. The van der Waals surface area contributed by atoms with Crippen LogP contribution in [0.1, 0.15) is 24.0 Å².